The summed E-state index contributed by atoms with van der Waals surface area (Å²) in [5, 5.41) is 5.68. The second-order valence-electron chi connectivity index (χ2n) is 5.67. The normalized spacial score (nSPS) is 12.0. The lowest BCUT2D eigenvalue weighted by atomic mass is 10.3. The summed E-state index contributed by atoms with van der Waals surface area (Å²) in [6.45, 7) is 0.665. The van der Waals surface area contributed by atoms with Crippen LogP contribution in [0, 0.1) is 0 Å². The van der Waals surface area contributed by atoms with Gasteiger partial charge >= 0.3 is 0 Å². The fraction of sp³-hybridized carbons (Fsp3) is 0.250. The molecule has 2 aromatic rings. The van der Waals surface area contributed by atoms with E-state index in [1.54, 1.807) is 36.2 Å². The topological polar surface area (TPSA) is 107 Å². The van der Waals surface area contributed by atoms with Gasteiger partial charge in [-0.15, -0.1) is 0 Å². The van der Waals surface area contributed by atoms with Crippen LogP contribution in [0.2, 0.25) is 5.02 Å². The predicted octanol–water partition coefficient (Wildman–Crippen LogP) is 1.91. The maximum absolute atomic E-state index is 12.1. The van der Waals surface area contributed by atoms with E-state index in [-0.39, 0.29) is 16.4 Å². The van der Waals surface area contributed by atoms with Crippen molar-refractivity contribution in [3.8, 4) is 5.75 Å². The largest absolute Gasteiger partial charge is 0.492 e. The van der Waals surface area contributed by atoms with Crippen LogP contribution in [-0.2, 0) is 19.9 Å². The minimum Gasteiger partial charge on any atom is -0.492 e. The number of anilines is 1. The van der Waals surface area contributed by atoms with Crippen molar-refractivity contribution < 1.29 is 21.6 Å². The molecule has 142 valence electrons. The maximum atomic E-state index is 12.1. The molecule has 0 spiro atoms. The Hall–Kier alpha value is -1.81. The van der Waals surface area contributed by atoms with E-state index in [4.69, 9.17) is 21.5 Å². The van der Waals surface area contributed by atoms with Gasteiger partial charge in [0.05, 0.1) is 22.0 Å². The number of sulfonamides is 1. The number of primary sulfonamides is 1. The number of ether oxygens (including phenoxy) is 1. The molecule has 0 aliphatic heterocycles. The number of hydrogen-bond donors (Lipinski definition) is 1. The van der Waals surface area contributed by atoms with E-state index in [1.165, 1.54) is 12.1 Å². The van der Waals surface area contributed by atoms with Crippen LogP contribution < -0.4 is 14.8 Å². The molecule has 0 saturated heterocycles. The van der Waals surface area contributed by atoms with Gasteiger partial charge in [-0.25, -0.2) is 22.0 Å². The molecule has 2 rings (SSSR count). The summed E-state index contributed by atoms with van der Waals surface area (Å²) in [7, 11) is -5.98. The first kappa shape index (κ1) is 20.5. The van der Waals surface area contributed by atoms with Crippen molar-refractivity contribution in [2.75, 3.05) is 31.4 Å². The van der Waals surface area contributed by atoms with E-state index in [9.17, 15) is 16.8 Å². The maximum Gasteiger partial charge on any atom is 0.238 e. The molecule has 0 aliphatic rings. The Labute approximate surface area is 158 Å². The number of hydrogen-bond acceptors (Lipinski definition) is 6. The van der Waals surface area contributed by atoms with Gasteiger partial charge in [0.1, 0.15) is 12.4 Å². The van der Waals surface area contributed by atoms with Crippen LogP contribution in [0.4, 0.5) is 5.69 Å². The first-order valence-electron chi connectivity index (χ1n) is 7.45. The van der Waals surface area contributed by atoms with Crippen molar-refractivity contribution in [2.24, 2.45) is 5.14 Å². The lowest BCUT2D eigenvalue weighted by Crippen LogP contribution is -2.25. The molecule has 0 atom stereocenters. The van der Waals surface area contributed by atoms with Gasteiger partial charge in [-0.2, -0.15) is 0 Å². The van der Waals surface area contributed by atoms with Gasteiger partial charge in [-0.3, -0.25) is 0 Å². The van der Waals surface area contributed by atoms with Gasteiger partial charge in [0.25, 0.3) is 0 Å². The Bertz CT molecular complexity index is 990. The highest BCUT2D eigenvalue weighted by Crippen LogP contribution is 2.27. The second-order valence-corrected chi connectivity index (χ2v) is 9.65. The molecule has 2 N–H and O–H groups in total. The van der Waals surface area contributed by atoms with Crippen LogP contribution >= 0.6 is 11.6 Å². The molecule has 0 amide bonds. The molecule has 0 unspecified atom stereocenters. The summed E-state index contributed by atoms with van der Waals surface area (Å²) in [5.74, 6) is 0.635. The fourth-order valence-corrected chi connectivity index (χ4v) is 3.92. The third kappa shape index (κ3) is 5.34. The smallest absolute Gasteiger partial charge is 0.238 e. The second kappa shape index (κ2) is 7.83. The molecule has 0 bridgehead atoms. The van der Waals surface area contributed by atoms with Crippen LogP contribution in [0.3, 0.4) is 0 Å². The molecular weight excluding hydrogens is 400 g/mol. The first-order chi connectivity index (χ1) is 12.0. The average Bonchev–Trinajstić information content (AvgIpc) is 2.54. The summed E-state index contributed by atoms with van der Waals surface area (Å²) >= 11 is 5.81. The Morgan fingerprint density at radius 1 is 1.08 bits per heavy atom. The fourth-order valence-electron chi connectivity index (χ4n) is 2.24. The minimum absolute atomic E-state index is 0.113. The molecular formula is C16H19ClN2O5S2. The van der Waals surface area contributed by atoms with E-state index in [1.807, 2.05) is 0 Å². The number of nitrogens with zero attached hydrogens (tertiary/aromatic N) is 1. The third-order valence-electron chi connectivity index (χ3n) is 3.58. The number of likely N-dealkylation sites (N-methyl/N-ethyl adjacent to an activating group) is 1. The zero-order valence-electron chi connectivity index (χ0n) is 14.2. The number of sulfone groups is 1. The standard InChI is InChI=1S/C16H19ClN2O5S2/c1-19(9-10-24-13-5-3-12(17)4-6-13)15-8-7-14(26(18,22)23)11-16(15)25(2,20)21/h3-8,11H,9-10H2,1-2H3,(H2,18,22,23). The number of halogens is 1. The van der Waals surface area contributed by atoms with Crippen molar-refractivity contribution in [1.29, 1.82) is 0 Å². The zero-order chi connectivity index (χ0) is 19.5. The monoisotopic (exact) mass is 418 g/mol. The van der Waals surface area contributed by atoms with Crippen LogP contribution in [0.5, 0.6) is 5.75 Å². The lowest BCUT2D eigenvalue weighted by Gasteiger charge is -2.22. The molecule has 0 saturated carbocycles. The van der Waals surface area contributed by atoms with Crippen LogP contribution in [-0.4, -0.2) is 43.3 Å². The highest BCUT2D eigenvalue weighted by atomic mass is 35.5. The van der Waals surface area contributed by atoms with Crippen molar-refractivity contribution in [3.05, 3.63) is 47.5 Å². The van der Waals surface area contributed by atoms with Gasteiger partial charge in [-0.1, -0.05) is 11.6 Å². The highest BCUT2D eigenvalue weighted by Gasteiger charge is 2.20. The number of benzene rings is 2. The molecule has 10 heteroatoms. The Morgan fingerprint density at radius 3 is 2.23 bits per heavy atom. The Balaban J connectivity index is 2.19. The quantitative estimate of drug-likeness (QED) is 0.735. The van der Waals surface area contributed by atoms with Crippen LogP contribution in [0.25, 0.3) is 0 Å². The van der Waals surface area contributed by atoms with E-state index in [0.717, 1.165) is 12.3 Å². The van der Waals surface area contributed by atoms with Crippen molar-refractivity contribution in [2.45, 2.75) is 9.79 Å². The average molecular weight is 419 g/mol. The predicted molar refractivity (Wildman–Crippen MR) is 101 cm³/mol. The first-order valence-corrected chi connectivity index (χ1v) is 11.3. The van der Waals surface area contributed by atoms with E-state index in [2.05, 4.69) is 0 Å². The van der Waals surface area contributed by atoms with Crippen LogP contribution in [0.15, 0.2) is 52.3 Å². The summed E-state index contributed by atoms with van der Waals surface area (Å²) < 4.78 is 52.7. The van der Waals surface area contributed by atoms with Crippen LogP contribution in [0.1, 0.15) is 0 Å². The van der Waals surface area contributed by atoms with Gasteiger partial charge in [0.2, 0.25) is 10.0 Å². The number of nitrogens with two attached hydrogens (primary N) is 1. The molecule has 2 aromatic carbocycles. The molecule has 0 heterocycles. The highest BCUT2D eigenvalue weighted by molar-refractivity contribution is 7.91. The summed E-state index contributed by atoms with van der Waals surface area (Å²) in [4.78, 5) is 1.30. The van der Waals surface area contributed by atoms with Gasteiger partial charge in [-0.05, 0) is 42.5 Å². The molecule has 7 nitrogen and oxygen atoms in total. The van der Waals surface area contributed by atoms with Gasteiger partial charge in [0, 0.05) is 18.3 Å². The summed E-state index contributed by atoms with van der Waals surface area (Å²) in [6.07, 6.45) is 1.01. The Morgan fingerprint density at radius 2 is 1.69 bits per heavy atom. The zero-order valence-corrected chi connectivity index (χ0v) is 16.6. The molecule has 26 heavy (non-hydrogen) atoms. The Kier molecular flexibility index (Phi) is 6.17. The van der Waals surface area contributed by atoms with E-state index >= 15 is 0 Å². The van der Waals surface area contributed by atoms with Gasteiger partial charge < -0.3 is 9.64 Å². The van der Waals surface area contributed by atoms with Crippen molar-refractivity contribution in [1.82, 2.24) is 0 Å². The van der Waals surface area contributed by atoms with E-state index < -0.39 is 19.9 Å². The minimum atomic E-state index is -4.00. The molecule has 0 fully saturated rings. The third-order valence-corrected chi connectivity index (χ3v) is 5.87. The SMILES string of the molecule is CN(CCOc1ccc(Cl)cc1)c1ccc(S(N)(=O)=O)cc1S(C)(=O)=O. The van der Waals surface area contributed by atoms with Crippen molar-refractivity contribution >= 4 is 37.1 Å². The van der Waals surface area contributed by atoms with E-state index in [0.29, 0.717) is 23.0 Å². The number of rotatable bonds is 7. The lowest BCUT2D eigenvalue weighted by molar-refractivity contribution is 0.326. The molecule has 0 aliphatic carbocycles. The molecule has 0 aromatic heterocycles. The molecule has 0 radical (unpaired) electrons. The van der Waals surface area contributed by atoms with Crippen molar-refractivity contribution in [3.63, 3.8) is 0 Å². The summed E-state index contributed by atoms with van der Waals surface area (Å²) in [5.41, 5.74) is 0.361. The summed E-state index contributed by atoms with van der Waals surface area (Å²) in [6, 6.07) is 10.6. The van der Waals surface area contributed by atoms with Gasteiger partial charge in [0.15, 0.2) is 9.84 Å².